The van der Waals surface area contributed by atoms with Crippen LogP contribution < -0.4 is 5.73 Å². The standard InChI is InChI=1S/C7H10N2OS/c1-2-10-5-3-4-6(5)11-7(8)9-4/h5H,2-3H2,1H3,(H2,8,9). The molecule has 1 atom stereocenters. The molecule has 1 unspecified atom stereocenters. The van der Waals surface area contributed by atoms with Gasteiger partial charge in [-0.3, -0.25) is 0 Å². The predicted molar refractivity (Wildman–Crippen MR) is 44.6 cm³/mol. The number of aromatic nitrogens is 1. The molecule has 1 aliphatic rings. The summed E-state index contributed by atoms with van der Waals surface area (Å²) in [5.41, 5.74) is 6.66. The monoisotopic (exact) mass is 170 g/mol. The lowest BCUT2D eigenvalue weighted by Crippen LogP contribution is -2.17. The predicted octanol–water partition coefficient (Wildman–Crippen LogP) is 1.36. The fourth-order valence-electron chi connectivity index (χ4n) is 1.25. The van der Waals surface area contributed by atoms with Crippen molar-refractivity contribution in [1.82, 2.24) is 4.98 Å². The Labute approximate surface area is 69.2 Å². The Morgan fingerprint density at radius 3 is 3.27 bits per heavy atom. The van der Waals surface area contributed by atoms with Gasteiger partial charge in [0.15, 0.2) is 5.13 Å². The van der Waals surface area contributed by atoms with E-state index in [-0.39, 0.29) is 6.10 Å². The second kappa shape index (κ2) is 2.46. The number of rotatable bonds is 2. The molecule has 3 nitrogen and oxygen atoms in total. The summed E-state index contributed by atoms with van der Waals surface area (Å²) in [6, 6.07) is 0. The number of nitrogens with two attached hydrogens (primary N) is 1. The SMILES string of the molecule is CCOC1Cc2nc(N)sc21. The highest BCUT2D eigenvalue weighted by Crippen LogP contribution is 2.40. The lowest BCUT2D eigenvalue weighted by atomic mass is 10.00. The van der Waals surface area contributed by atoms with Gasteiger partial charge < -0.3 is 10.5 Å². The van der Waals surface area contributed by atoms with Crippen LogP contribution in [0.25, 0.3) is 0 Å². The van der Waals surface area contributed by atoms with E-state index in [1.165, 1.54) is 4.88 Å². The maximum Gasteiger partial charge on any atom is 0.180 e. The van der Waals surface area contributed by atoms with E-state index in [4.69, 9.17) is 10.5 Å². The Morgan fingerprint density at radius 2 is 2.64 bits per heavy atom. The number of anilines is 1. The van der Waals surface area contributed by atoms with Crippen LogP contribution in [0.5, 0.6) is 0 Å². The zero-order chi connectivity index (χ0) is 7.84. The zero-order valence-electron chi connectivity index (χ0n) is 6.33. The number of fused-ring (bicyclic) bond motifs is 1. The zero-order valence-corrected chi connectivity index (χ0v) is 7.15. The number of hydrogen-bond donors (Lipinski definition) is 1. The van der Waals surface area contributed by atoms with Crippen molar-refractivity contribution in [3.63, 3.8) is 0 Å². The van der Waals surface area contributed by atoms with E-state index in [9.17, 15) is 0 Å². The lowest BCUT2D eigenvalue weighted by molar-refractivity contribution is 0.0482. The van der Waals surface area contributed by atoms with Gasteiger partial charge in [-0.25, -0.2) is 4.98 Å². The van der Waals surface area contributed by atoms with Crippen LogP contribution in [0.4, 0.5) is 5.13 Å². The summed E-state index contributed by atoms with van der Waals surface area (Å²) in [5, 5.41) is 0.664. The summed E-state index contributed by atoms with van der Waals surface area (Å²) in [4.78, 5) is 5.37. The van der Waals surface area contributed by atoms with E-state index < -0.39 is 0 Å². The molecule has 60 valence electrons. The molecule has 2 rings (SSSR count). The minimum Gasteiger partial charge on any atom is -0.375 e. The van der Waals surface area contributed by atoms with E-state index in [1.54, 1.807) is 11.3 Å². The van der Waals surface area contributed by atoms with E-state index in [0.717, 1.165) is 18.7 Å². The number of thiazole rings is 1. The highest BCUT2D eigenvalue weighted by atomic mass is 32.1. The molecule has 1 aromatic heterocycles. The van der Waals surface area contributed by atoms with Crippen LogP contribution in [0.2, 0.25) is 0 Å². The van der Waals surface area contributed by atoms with E-state index in [0.29, 0.717) is 5.13 Å². The normalized spacial score (nSPS) is 21.0. The minimum absolute atomic E-state index is 0.282. The van der Waals surface area contributed by atoms with E-state index in [1.807, 2.05) is 6.92 Å². The highest BCUT2D eigenvalue weighted by Gasteiger charge is 2.30. The third-order valence-corrected chi connectivity index (χ3v) is 2.80. The summed E-state index contributed by atoms with van der Waals surface area (Å²) < 4.78 is 5.43. The van der Waals surface area contributed by atoms with E-state index >= 15 is 0 Å². The van der Waals surface area contributed by atoms with Crippen LogP contribution in [0.1, 0.15) is 23.6 Å². The molecule has 0 aliphatic heterocycles. The van der Waals surface area contributed by atoms with Gasteiger partial charge in [-0.2, -0.15) is 0 Å². The van der Waals surface area contributed by atoms with Crippen LogP contribution >= 0.6 is 11.3 Å². The molecule has 0 amide bonds. The van der Waals surface area contributed by atoms with Crippen LogP contribution in [0.15, 0.2) is 0 Å². The first-order valence-corrected chi connectivity index (χ1v) is 4.49. The molecule has 1 aromatic rings. The maximum atomic E-state index is 5.53. The van der Waals surface area contributed by atoms with Gasteiger partial charge >= 0.3 is 0 Å². The van der Waals surface area contributed by atoms with Gasteiger partial charge in [0, 0.05) is 13.0 Å². The van der Waals surface area contributed by atoms with Crippen molar-refractivity contribution in [3.05, 3.63) is 10.6 Å². The van der Waals surface area contributed by atoms with Gasteiger partial charge in [-0.05, 0) is 6.92 Å². The largest absolute Gasteiger partial charge is 0.375 e. The van der Waals surface area contributed by atoms with Gasteiger partial charge in [0.2, 0.25) is 0 Å². The first-order chi connectivity index (χ1) is 5.31. The second-order valence-electron chi connectivity index (χ2n) is 2.51. The van der Waals surface area contributed by atoms with Gasteiger partial charge in [-0.1, -0.05) is 11.3 Å². The van der Waals surface area contributed by atoms with Crippen LogP contribution in [0.3, 0.4) is 0 Å². The molecule has 1 aliphatic carbocycles. The number of nitrogen functional groups attached to an aromatic ring is 1. The smallest absolute Gasteiger partial charge is 0.180 e. The first kappa shape index (κ1) is 7.06. The Kier molecular flexibility index (Phi) is 1.58. The summed E-state index contributed by atoms with van der Waals surface area (Å²) in [5.74, 6) is 0. The fourth-order valence-corrected chi connectivity index (χ4v) is 2.16. The molecule has 4 heteroatoms. The van der Waals surface area contributed by atoms with Crippen LogP contribution in [0, 0.1) is 0 Å². The molecule has 0 spiro atoms. The second-order valence-corrected chi connectivity index (χ2v) is 3.57. The lowest BCUT2D eigenvalue weighted by Gasteiger charge is -2.23. The van der Waals surface area contributed by atoms with Crippen molar-refractivity contribution >= 4 is 16.5 Å². The molecule has 0 radical (unpaired) electrons. The minimum atomic E-state index is 0.282. The molecule has 0 aromatic carbocycles. The third-order valence-electron chi connectivity index (χ3n) is 1.78. The molecule has 0 bridgehead atoms. The summed E-state index contributed by atoms with van der Waals surface area (Å²) in [7, 11) is 0. The molecule has 0 fully saturated rings. The Balaban J connectivity index is 2.15. The Bertz CT molecular complexity index is 271. The Hall–Kier alpha value is -0.610. The van der Waals surface area contributed by atoms with E-state index in [2.05, 4.69) is 4.98 Å². The fraction of sp³-hybridized carbons (Fsp3) is 0.571. The third kappa shape index (κ3) is 1.02. The van der Waals surface area contributed by atoms with Crippen molar-refractivity contribution in [2.75, 3.05) is 12.3 Å². The number of ether oxygens (including phenoxy) is 1. The van der Waals surface area contributed by atoms with Gasteiger partial charge in [0.05, 0.1) is 16.7 Å². The maximum absolute atomic E-state index is 5.53. The number of nitrogens with zero attached hydrogens (tertiary/aromatic N) is 1. The van der Waals surface area contributed by atoms with Gasteiger partial charge in [0.25, 0.3) is 0 Å². The quantitative estimate of drug-likeness (QED) is 0.729. The summed E-state index contributed by atoms with van der Waals surface area (Å²) in [6.45, 7) is 2.77. The molecule has 0 saturated carbocycles. The molecule has 1 heterocycles. The molecular formula is C7H10N2OS. The molecule has 2 N–H and O–H groups in total. The van der Waals surface area contributed by atoms with Crippen molar-refractivity contribution in [1.29, 1.82) is 0 Å². The van der Waals surface area contributed by atoms with Gasteiger partial charge in [0.1, 0.15) is 0 Å². The molecular weight excluding hydrogens is 160 g/mol. The number of hydrogen-bond acceptors (Lipinski definition) is 4. The summed E-state index contributed by atoms with van der Waals surface area (Å²) in [6.07, 6.45) is 1.22. The Morgan fingerprint density at radius 1 is 1.82 bits per heavy atom. The first-order valence-electron chi connectivity index (χ1n) is 3.68. The topological polar surface area (TPSA) is 48.1 Å². The molecule has 0 saturated heterocycles. The molecule has 11 heavy (non-hydrogen) atoms. The van der Waals surface area contributed by atoms with Crippen LogP contribution in [-0.2, 0) is 11.2 Å². The highest BCUT2D eigenvalue weighted by molar-refractivity contribution is 7.15. The van der Waals surface area contributed by atoms with Crippen molar-refractivity contribution in [2.24, 2.45) is 0 Å². The average molecular weight is 170 g/mol. The van der Waals surface area contributed by atoms with Gasteiger partial charge in [-0.15, -0.1) is 0 Å². The summed E-state index contributed by atoms with van der Waals surface area (Å²) >= 11 is 1.55. The van der Waals surface area contributed by atoms with Crippen LogP contribution in [-0.4, -0.2) is 11.6 Å². The van der Waals surface area contributed by atoms with Crippen molar-refractivity contribution in [3.8, 4) is 0 Å². The van der Waals surface area contributed by atoms with Crippen molar-refractivity contribution in [2.45, 2.75) is 19.4 Å². The average Bonchev–Trinajstić information content (AvgIpc) is 2.24. The van der Waals surface area contributed by atoms with Crippen molar-refractivity contribution < 1.29 is 4.74 Å².